The SMILES string of the molecule is O=C(c1cc2cc(O)ccc2cc1O)N1CCC(CCOc2ccc3ccccc3c2)CC1. The lowest BCUT2D eigenvalue weighted by atomic mass is 9.93. The molecule has 33 heavy (non-hydrogen) atoms. The number of carbonyl (C=O) groups excluding carboxylic acids is 1. The number of ether oxygens (including phenoxy) is 1. The quantitative estimate of drug-likeness (QED) is 0.415. The Morgan fingerprint density at radius 2 is 1.58 bits per heavy atom. The number of likely N-dealkylation sites (tertiary alicyclic amines) is 1. The molecule has 0 atom stereocenters. The van der Waals surface area contributed by atoms with E-state index in [0.29, 0.717) is 25.6 Å². The summed E-state index contributed by atoms with van der Waals surface area (Å²) in [5, 5.41) is 24.0. The second-order valence-electron chi connectivity index (χ2n) is 8.78. The number of rotatable bonds is 5. The number of piperidine rings is 1. The van der Waals surface area contributed by atoms with Crippen LogP contribution >= 0.6 is 0 Å². The van der Waals surface area contributed by atoms with Crippen LogP contribution in [0.1, 0.15) is 29.6 Å². The number of hydrogen-bond acceptors (Lipinski definition) is 4. The van der Waals surface area contributed by atoms with Crippen LogP contribution in [0.25, 0.3) is 21.5 Å². The van der Waals surface area contributed by atoms with Gasteiger partial charge in [0.15, 0.2) is 0 Å². The molecule has 1 aliphatic heterocycles. The fourth-order valence-corrected chi connectivity index (χ4v) is 4.64. The zero-order valence-electron chi connectivity index (χ0n) is 18.4. The molecule has 5 heteroatoms. The average Bonchev–Trinajstić information content (AvgIpc) is 2.84. The third kappa shape index (κ3) is 4.58. The van der Waals surface area contributed by atoms with Crippen LogP contribution in [0.2, 0.25) is 0 Å². The average molecular weight is 442 g/mol. The smallest absolute Gasteiger partial charge is 0.257 e. The minimum atomic E-state index is -0.163. The molecule has 1 fully saturated rings. The van der Waals surface area contributed by atoms with Gasteiger partial charge in [-0.25, -0.2) is 0 Å². The van der Waals surface area contributed by atoms with E-state index in [1.807, 2.05) is 23.1 Å². The normalized spacial score (nSPS) is 14.6. The monoisotopic (exact) mass is 441 g/mol. The number of phenols is 2. The maximum absolute atomic E-state index is 13.0. The van der Waals surface area contributed by atoms with Crippen molar-refractivity contribution in [3.05, 3.63) is 78.4 Å². The van der Waals surface area contributed by atoms with Crippen molar-refractivity contribution in [3.63, 3.8) is 0 Å². The van der Waals surface area contributed by atoms with Gasteiger partial charge in [-0.05, 0) is 83.1 Å². The van der Waals surface area contributed by atoms with Crippen LogP contribution in [0.3, 0.4) is 0 Å². The Morgan fingerprint density at radius 3 is 2.39 bits per heavy atom. The first kappa shape index (κ1) is 21.1. The second-order valence-corrected chi connectivity index (χ2v) is 8.78. The molecule has 5 rings (SSSR count). The van der Waals surface area contributed by atoms with Crippen molar-refractivity contribution < 1.29 is 19.7 Å². The molecule has 0 radical (unpaired) electrons. The Hall–Kier alpha value is -3.73. The molecule has 0 aliphatic carbocycles. The highest BCUT2D eigenvalue weighted by molar-refractivity contribution is 6.01. The van der Waals surface area contributed by atoms with E-state index in [2.05, 4.69) is 24.3 Å². The largest absolute Gasteiger partial charge is 0.508 e. The summed E-state index contributed by atoms with van der Waals surface area (Å²) in [6.07, 6.45) is 2.79. The molecule has 0 aromatic heterocycles. The van der Waals surface area contributed by atoms with Crippen molar-refractivity contribution in [2.75, 3.05) is 19.7 Å². The Bertz CT molecular complexity index is 1310. The van der Waals surface area contributed by atoms with Gasteiger partial charge in [-0.1, -0.05) is 36.4 Å². The third-order valence-electron chi connectivity index (χ3n) is 6.59. The Morgan fingerprint density at radius 1 is 0.848 bits per heavy atom. The summed E-state index contributed by atoms with van der Waals surface area (Å²) in [5.74, 6) is 1.35. The molecule has 1 saturated heterocycles. The minimum absolute atomic E-state index is 0.0240. The van der Waals surface area contributed by atoms with Crippen molar-refractivity contribution in [2.24, 2.45) is 5.92 Å². The second kappa shape index (κ2) is 9.02. The number of benzene rings is 4. The van der Waals surface area contributed by atoms with Crippen molar-refractivity contribution in [2.45, 2.75) is 19.3 Å². The van der Waals surface area contributed by atoms with Crippen LogP contribution < -0.4 is 4.74 Å². The molecule has 1 heterocycles. The molecule has 0 unspecified atom stereocenters. The summed E-state index contributed by atoms with van der Waals surface area (Å²) < 4.78 is 5.99. The fraction of sp³-hybridized carbons (Fsp3) is 0.250. The lowest BCUT2D eigenvalue weighted by Crippen LogP contribution is -2.38. The van der Waals surface area contributed by atoms with Crippen LogP contribution in [0.5, 0.6) is 17.2 Å². The van der Waals surface area contributed by atoms with Crippen LogP contribution in [0, 0.1) is 5.92 Å². The molecular weight excluding hydrogens is 414 g/mol. The van der Waals surface area contributed by atoms with Gasteiger partial charge in [-0.2, -0.15) is 0 Å². The highest BCUT2D eigenvalue weighted by atomic mass is 16.5. The van der Waals surface area contributed by atoms with Gasteiger partial charge in [0.1, 0.15) is 17.2 Å². The first-order valence-corrected chi connectivity index (χ1v) is 11.4. The Balaban J connectivity index is 1.15. The van der Waals surface area contributed by atoms with Crippen LogP contribution in [0.4, 0.5) is 0 Å². The molecule has 2 N–H and O–H groups in total. The Kier molecular flexibility index (Phi) is 5.78. The van der Waals surface area contributed by atoms with Crippen LogP contribution in [0.15, 0.2) is 72.8 Å². The molecule has 5 nitrogen and oxygen atoms in total. The summed E-state index contributed by atoms with van der Waals surface area (Å²) in [7, 11) is 0. The molecule has 0 saturated carbocycles. The van der Waals surface area contributed by atoms with Crippen molar-refractivity contribution in [1.29, 1.82) is 0 Å². The first-order chi connectivity index (χ1) is 16.1. The lowest BCUT2D eigenvalue weighted by Gasteiger charge is -2.32. The van der Waals surface area contributed by atoms with E-state index in [9.17, 15) is 15.0 Å². The van der Waals surface area contributed by atoms with E-state index in [1.54, 1.807) is 30.3 Å². The van der Waals surface area contributed by atoms with E-state index in [1.165, 1.54) is 10.8 Å². The molecule has 4 aromatic rings. The molecular formula is C28H27NO4. The Labute approximate surface area is 192 Å². The molecule has 1 aliphatic rings. The van der Waals surface area contributed by atoms with Gasteiger partial charge < -0.3 is 19.8 Å². The van der Waals surface area contributed by atoms with Crippen LogP contribution in [-0.2, 0) is 0 Å². The standard InChI is InChI=1S/C28H27NO4/c30-24-7-5-22-18-27(31)26(17-23(22)15-24)28(32)29-12-9-19(10-13-29)11-14-33-25-8-6-20-3-1-2-4-21(20)16-25/h1-8,15-19,30-31H,9-14H2. The number of carbonyl (C=O) groups is 1. The predicted octanol–water partition coefficient (Wildman–Crippen LogP) is 5.73. The number of fused-ring (bicyclic) bond motifs is 2. The zero-order valence-corrected chi connectivity index (χ0v) is 18.4. The number of nitrogens with zero attached hydrogens (tertiary/aromatic N) is 1. The first-order valence-electron chi connectivity index (χ1n) is 11.4. The van der Waals surface area contributed by atoms with E-state index < -0.39 is 0 Å². The summed E-state index contributed by atoms with van der Waals surface area (Å²) >= 11 is 0. The maximum Gasteiger partial charge on any atom is 0.257 e. The minimum Gasteiger partial charge on any atom is -0.508 e. The molecule has 1 amide bonds. The topological polar surface area (TPSA) is 70.0 Å². The molecule has 4 aromatic carbocycles. The maximum atomic E-state index is 13.0. The van der Waals surface area contributed by atoms with E-state index in [0.717, 1.165) is 35.8 Å². The number of amides is 1. The van der Waals surface area contributed by atoms with Crippen molar-refractivity contribution in [3.8, 4) is 17.2 Å². The van der Waals surface area contributed by atoms with Gasteiger partial charge in [0.25, 0.3) is 5.91 Å². The number of aromatic hydroxyl groups is 2. The summed E-state index contributed by atoms with van der Waals surface area (Å²) in [4.78, 5) is 14.9. The van der Waals surface area contributed by atoms with Gasteiger partial charge >= 0.3 is 0 Å². The van der Waals surface area contributed by atoms with Gasteiger partial charge in [0.05, 0.1) is 12.2 Å². The predicted molar refractivity (Wildman–Crippen MR) is 130 cm³/mol. The number of hydrogen-bond donors (Lipinski definition) is 2. The fourth-order valence-electron chi connectivity index (χ4n) is 4.64. The zero-order chi connectivity index (χ0) is 22.8. The van der Waals surface area contributed by atoms with Crippen LogP contribution in [-0.4, -0.2) is 40.7 Å². The molecule has 0 bridgehead atoms. The van der Waals surface area contributed by atoms with Crippen molar-refractivity contribution in [1.82, 2.24) is 4.90 Å². The third-order valence-corrected chi connectivity index (χ3v) is 6.59. The van der Waals surface area contributed by atoms with E-state index >= 15 is 0 Å². The van der Waals surface area contributed by atoms with Crippen molar-refractivity contribution >= 4 is 27.5 Å². The van der Waals surface area contributed by atoms with Gasteiger partial charge in [0, 0.05) is 13.1 Å². The van der Waals surface area contributed by atoms with E-state index in [4.69, 9.17) is 4.74 Å². The van der Waals surface area contributed by atoms with E-state index in [-0.39, 0.29) is 23.0 Å². The summed E-state index contributed by atoms with van der Waals surface area (Å²) in [6, 6.07) is 22.6. The van der Waals surface area contributed by atoms with Gasteiger partial charge in [0.2, 0.25) is 0 Å². The summed E-state index contributed by atoms with van der Waals surface area (Å²) in [6.45, 7) is 1.99. The van der Waals surface area contributed by atoms with Gasteiger partial charge in [-0.15, -0.1) is 0 Å². The molecule has 168 valence electrons. The molecule has 0 spiro atoms. The van der Waals surface area contributed by atoms with Gasteiger partial charge in [-0.3, -0.25) is 4.79 Å². The highest BCUT2D eigenvalue weighted by Crippen LogP contribution is 2.30. The lowest BCUT2D eigenvalue weighted by molar-refractivity contribution is 0.0677. The highest BCUT2D eigenvalue weighted by Gasteiger charge is 2.25. The number of phenolic OH excluding ortho intramolecular Hbond substituents is 2. The summed E-state index contributed by atoms with van der Waals surface area (Å²) in [5.41, 5.74) is 0.284.